The van der Waals surface area contributed by atoms with E-state index in [0.717, 1.165) is 33.1 Å². The summed E-state index contributed by atoms with van der Waals surface area (Å²) in [4.78, 5) is 5.02. The second kappa shape index (κ2) is 7.97. The summed E-state index contributed by atoms with van der Waals surface area (Å²) in [6.45, 7) is 8.47. The maximum atomic E-state index is 10.4. The van der Waals surface area contributed by atoms with Gasteiger partial charge in [-0.15, -0.1) is 0 Å². The van der Waals surface area contributed by atoms with Gasteiger partial charge in [0.15, 0.2) is 0 Å². The molecule has 1 aromatic carbocycles. The van der Waals surface area contributed by atoms with Crippen LogP contribution < -0.4 is 4.47 Å². The Kier molecular flexibility index (Phi) is 5.51. The zero-order valence-corrected chi connectivity index (χ0v) is 18.6. The van der Waals surface area contributed by atoms with Crippen molar-refractivity contribution in [3.8, 4) is 11.8 Å². The van der Waals surface area contributed by atoms with Crippen LogP contribution in [0.2, 0.25) is 5.02 Å². The van der Waals surface area contributed by atoms with E-state index in [1.807, 2.05) is 13.0 Å². The molecule has 8 heteroatoms. The predicted octanol–water partition coefficient (Wildman–Crippen LogP) is 5.41. The van der Waals surface area contributed by atoms with Crippen molar-refractivity contribution in [3.05, 3.63) is 69.1 Å². The van der Waals surface area contributed by atoms with Crippen molar-refractivity contribution in [1.82, 2.24) is 10.1 Å². The summed E-state index contributed by atoms with van der Waals surface area (Å²) in [6, 6.07) is 7.81. The predicted molar refractivity (Wildman–Crippen MR) is 116 cm³/mol. The van der Waals surface area contributed by atoms with Crippen molar-refractivity contribution >= 4 is 29.4 Å². The largest absolute Gasteiger partial charge is 0.366 e. The summed E-state index contributed by atoms with van der Waals surface area (Å²) in [5, 5.41) is 14.4. The molecule has 2 aromatic heterocycles. The van der Waals surface area contributed by atoms with Crippen LogP contribution >= 0.6 is 23.5 Å². The van der Waals surface area contributed by atoms with Crippen LogP contribution in [0, 0.1) is 25.7 Å². The highest BCUT2D eigenvalue weighted by Gasteiger charge is 2.31. The molecule has 154 valence electrons. The van der Waals surface area contributed by atoms with E-state index < -0.39 is 0 Å². The topological polar surface area (TPSA) is 71.6 Å². The molecule has 6 nitrogen and oxygen atoms in total. The molecular weight excluding hydrogens is 422 g/mol. The normalized spacial score (nSPS) is 14.2. The molecule has 30 heavy (non-hydrogen) atoms. The molecule has 0 fully saturated rings. The van der Waals surface area contributed by atoms with Gasteiger partial charge in [-0.1, -0.05) is 28.7 Å². The number of aromatic nitrogens is 2. The van der Waals surface area contributed by atoms with Crippen LogP contribution in [0.4, 0.5) is 5.88 Å². The number of hydrogen-bond acceptors (Lipinski definition) is 7. The van der Waals surface area contributed by atoms with Gasteiger partial charge in [0.2, 0.25) is 0 Å². The molecule has 0 radical (unpaired) electrons. The first kappa shape index (κ1) is 20.8. The molecule has 4 rings (SSSR count). The summed E-state index contributed by atoms with van der Waals surface area (Å²) in [6.07, 6.45) is 1.66. The number of ether oxygens (including phenoxy) is 1. The van der Waals surface area contributed by atoms with Crippen LogP contribution in [-0.4, -0.2) is 15.3 Å². The fourth-order valence-electron chi connectivity index (χ4n) is 3.20. The van der Waals surface area contributed by atoms with Crippen LogP contribution in [0.15, 0.2) is 39.9 Å². The highest BCUT2D eigenvalue weighted by atomic mass is 35.5. The van der Waals surface area contributed by atoms with Gasteiger partial charge < -0.3 is 9.26 Å². The van der Waals surface area contributed by atoms with Gasteiger partial charge in [-0.25, -0.2) is 4.98 Å². The Labute approximate surface area is 184 Å². The first-order valence-corrected chi connectivity index (χ1v) is 10.4. The van der Waals surface area contributed by atoms with Gasteiger partial charge >= 0.3 is 0 Å². The third-order valence-electron chi connectivity index (χ3n) is 4.91. The molecule has 0 saturated heterocycles. The molecule has 1 aliphatic rings. The second-order valence-electron chi connectivity index (χ2n) is 7.47. The average molecular weight is 442 g/mol. The van der Waals surface area contributed by atoms with Crippen LogP contribution in [0.5, 0.6) is 0 Å². The molecule has 0 bridgehead atoms. The molecule has 1 aliphatic heterocycles. The Morgan fingerprint density at radius 3 is 2.80 bits per heavy atom. The van der Waals surface area contributed by atoms with Crippen molar-refractivity contribution in [2.45, 2.75) is 44.8 Å². The number of aryl methyl sites for hydroxylation is 2. The fraction of sp³-hybridized carbons (Fsp3) is 0.273. The lowest BCUT2D eigenvalue weighted by atomic mass is 9.92. The number of nitrogens with zero attached hydrogens (tertiary/aromatic N) is 3. The highest BCUT2D eigenvalue weighted by Crippen LogP contribution is 2.37. The third kappa shape index (κ3) is 3.92. The van der Waals surface area contributed by atoms with E-state index in [-0.39, 0.29) is 16.5 Å². The van der Waals surface area contributed by atoms with E-state index in [9.17, 15) is 5.21 Å². The van der Waals surface area contributed by atoms with E-state index in [0.29, 0.717) is 22.9 Å². The van der Waals surface area contributed by atoms with Gasteiger partial charge in [0.1, 0.15) is 16.4 Å². The van der Waals surface area contributed by atoms with Gasteiger partial charge in [0.05, 0.1) is 17.1 Å². The van der Waals surface area contributed by atoms with E-state index in [4.69, 9.17) is 20.9 Å². The maximum absolute atomic E-state index is 10.4. The molecule has 3 aromatic rings. The standard InChI is InChI=1S/C22H20ClN3O3S/c1-13-10-16-12-28-22(3,4)17(16)11-15(13)7-8-18-19(6-5-9-24-18)30-26(27)21-20(23)14(2)25-29-21/h5-6,9-11,27H,12H2,1-4H3. The lowest BCUT2D eigenvalue weighted by molar-refractivity contribution is -0.00790. The second-order valence-corrected chi connectivity index (χ2v) is 8.82. The number of fused-ring (bicyclic) bond motifs is 1. The first-order valence-electron chi connectivity index (χ1n) is 9.30. The molecule has 1 N–H and O–H groups in total. The highest BCUT2D eigenvalue weighted by molar-refractivity contribution is 8.00. The zero-order valence-electron chi connectivity index (χ0n) is 17.0. The summed E-state index contributed by atoms with van der Waals surface area (Å²) >= 11 is 7.11. The molecule has 0 amide bonds. The Hall–Kier alpha value is -2.50. The number of pyridine rings is 1. The van der Waals surface area contributed by atoms with Crippen molar-refractivity contribution in [1.29, 1.82) is 0 Å². The van der Waals surface area contributed by atoms with E-state index in [1.54, 1.807) is 19.2 Å². The Morgan fingerprint density at radius 1 is 1.27 bits per heavy atom. The summed E-state index contributed by atoms with van der Waals surface area (Å²) in [5.41, 5.74) is 5.07. The minimum atomic E-state index is -0.322. The van der Waals surface area contributed by atoms with Crippen molar-refractivity contribution in [2.24, 2.45) is 0 Å². The van der Waals surface area contributed by atoms with Gasteiger partial charge in [-0.3, -0.25) is 5.21 Å². The van der Waals surface area contributed by atoms with Crippen molar-refractivity contribution in [3.63, 3.8) is 0 Å². The minimum absolute atomic E-state index is 0.0543. The van der Waals surface area contributed by atoms with Crippen LogP contribution in [0.25, 0.3) is 0 Å². The van der Waals surface area contributed by atoms with Gasteiger partial charge in [0.25, 0.3) is 5.88 Å². The first-order chi connectivity index (χ1) is 14.3. The smallest absolute Gasteiger partial charge is 0.280 e. The molecule has 0 aliphatic carbocycles. The Bertz CT molecular complexity index is 1180. The summed E-state index contributed by atoms with van der Waals surface area (Å²) < 4.78 is 11.8. The van der Waals surface area contributed by atoms with E-state index in [2.05, 4.69) is 48.0 Å². The Balaban J connectivity index is 1.64. The average Bonchev–Trinajstić information content (AvgIpc) is 3.19. The molecule has 0 unspecified atom stereocenters. The lowest BCUT2D eigenvalue weighted by Gasteiger charge is -2.18. The quantitative estimate of drug-likeness (QED) is 0.331. The number of anilines is 1. The van der Waals surface area contributed by atoms with E-state index in [1.165, 1.54) is 5.56 Å². The molecule has 3 heterocycles. The Morgan fingerprint density at radius 2 is 2.07 bits per heavy atom. The maximum Gasteiger partial charge on any atom is 0.280 e. The number of halogens is 1. The van der Waals surface area contributed by atoms with Crippen LogP contribution in [-0.2, 0) is 16.9 Å². The monoisotopic (exact) mass is 441 g/mol. The van der Waals surface area contributed by atoms with Gasteiger partial charge in [-0.2, -0.15) is 4.47 Å². The fourth-order valence-corrected chi connectivity index (χ4v) is 4.13. The number of benzene rings is 1. The van der Waals surface area contributed by atoms with Crippen molar-refractivity contribution in [2.75, 3.05) is 4.47 Å². The molecule has 0 saturated carbocycles. The van der Waals surface area contributed by atoms with E-state index >= 15 is 0 Å². The van der Waals surface area contributed by atoms with Crippen molar-refractivity contribution < 1.29 is 14.5 Å². The zero-order chi connectivity index (χ0) is 21.5. The number of rotatable bonds is 3. The summed E-state index contributed by atoms with van der Waals surface area (Å²) in [5.74, 6) is 6.40. The minimum Gasteiger partial charge on any atom is -0.366 e. The number of hydrogen-bond donors (Lipinski definition) is 1. The van der Waals surface area contributed by atoms with Crippen LogP contribution in [0.3, 0.4) is 0 Å². The summed E-state index contributed by atoms with van der Waals surface area (Å²) in [7, 11) is 0. The van der Waals surface area contributed by atoms with Gasteiger partial charge in [0, 0.05) is 23.7 Å². The molecule has 0 atom stereocenters. The third-order valence-corrected chi connectivity index (χ3v) is 6.21. The lowest BCUT2D eigenvalue weighted by Crippen LogP contribution is -2.14. The SMILES string of the molecule is Cc1cc2c(cc1C#Cc1ncccc1SN(O)c1onc(C)c1Cl)C(C)(C)OC2. The van der Waals surface area contributed by atoms with Gasteiger partial charge in [-0.05, 0) is 68.5 Å². The molecular formula is C22H20ClN3O3S. The van der Waals surface area contributed by atoms with Crippen LogP contribution in [0.1, 0.15) is 47.5 Å². The molecule has 0 spiro atoms.